The highest BCUT2D eigenvalue weighted by Crippen LogP contribution is 2.25. The fourth-order valence-corrected chi connectivity index (χ4v) is 3.61. The van der Waals surface area contributed by atoms with Crippen LogP contribution in [0.3, 0.4) is 0 Å². The lowest BCUT2D eigenvalue weighted by Crippen LogP contribution is -2.10. The van der Waals surface area contributed by atoms with Crippen molar-refractivity contribution in [3.8, 4) is 5.75 Å². The van der Waals surface area contributed by atoms with Crippen LogP contribution in [0.15, 0.2) is 77.3 Å². The third kappa shape index (κ3) is 3.96. The van der Waals surface area contributed by atoms with Crippen molar-refractivity contribution < 1.29 is 9.84 Å². The quantitative estimate of drug-likeness (QED) is 0.455. The third-order valence-corrected chi connectivity index (χ3v) is 5.39. The van der Waals surface area contributed by atoms with Crippen LogP contribution in [0.1, 0.15) is 23.1 Å². The molecule has 1 N–H and O–H groups in total. The van der Waals surface area contributed by atoms with Crippen LogP contribution in [-0.2, 0) is 13.0 Å². The number of ether oxygens (including phenoxy) is 1. The van der Waals surface area contributed by atoms with Gasteiger partial charge in [0.05, 0.1) is 24.2 Å². The van der Waals surface area contributed by atoms with E-state index in [1.807, 2.05) is 54.6 Å². The monoisotopic (exact) mass is 436 g/mol. The molecule has 1 heterocycles. The molecule has 142 valence electrons. The van der Waals surface area contributed by atoms with E-state index in [4.69, 9.17) is 9.72 Å². The number of benzene rings is 3. The molecule has 0 unspecified atom stereocenters. The van der Waals surface area contributed by atoms with Gasteiger partial charge in [-0.15, -0.1) is 0 Å². The molecule has 0 saturated carbocycles. The smallest absolute Gasteiger partial charge is 0.118 e. The van der Waals surface area contributed by atoms with Gasteiger partial charge in [0.25, 0.3) is 0 Å². The van der Waals surface area contributed by atoms with Crippen LogP contribution in [0, 0.1) is 0 Å². The summed E-state index contributed by atoms with van der Waals surface area (Å²) in [5, 5.41) is 10.8. The normalized spacial score (nSPS) is 12.2. The standard InChI is InChI=1S/C23H21BrN2O2/c1-28-19-12-8-17(9-13-19)22(27)14-23-25-20-4-2-3-5-21(20)26(23)15-16-6-10-18(24)11-7-16/h2-13,22,27H,14-15H2,1H3/t22-/m0/s1. The first kappa shape index (κ1) is 18.7. The first-order chi connectivity index (χ1) is 13.6. The maximum atomic E-state index is 10.8. The van der Waals surface area contributed by atoms with Gasteiger partial charge in [0.2, 0.25) is 0 Å². The molecule has 28 heavy (non-hydrogen) atoms. The SMILES string of the molecule is COc1ccc([C@@H](O)Cc2nc3ccccc3n2Cc2ccc(Br)cc2)cc1. The van der Waals surface area contributed by atoms with Gasteiger partial charge in [0.1, 0.15) is 11.6 Å². The minimum atomic E-state index is -0.633. The van der Waals surface area contributed by atoms with Crippen LogP contribution in [0.2, 0.25) is 0 Å². The van der Waals surface area contributed by atoms with Gasteiger partial charge in [-0.25, -0.2) is 4.98 Å². The predicted octanol–water partition coefficient (Wildman–Crippen LogP) is 5.13. The van der Waals surface area contributed by atoms with Crippen LogP contribution >= 0.6 is 15.9 Å². The molecule has 0 aliphatic heterocycles. The Hall–Kier alpha value is -2.63. The van der Waals surface area contributed by atoms with Gasteiger partial charge in [-0.2, -0.15) is 0 Å². The minimum Gasteiger partial charge on any atom is -0.497 e. The number of aliphatic hydroxyl groups is 1. The Morgan fingerprint density at radius 3 is 2.43 bits per heavy atom. The molecule has 5 heteroatoms. The number of fused-ring (bicyclic) bond motifs is 1. The molecule has 4 rings (SSSR count). The van der Waals surface area contributed by atoms with Crippen molar-refractivity contribution >= 4 is 27.0 Å². The molecule has 0 bridgehead atoms. The molecule has 0 fully saturated rings. The molecular formula is C23H21BrN2O2. The zero-order valence-corrected chi connectivity index (χ0v) is 17.1. The Labute approximate surface area is 172 Å². The van der Waals surface area contributed by atoms with E-state index in [1.54, 1.807) is 7.11 Å². The lowest BCUT2D eigenvalue weighted by Gasteiger charge is -2.14. The number of rotatable bonds is 6. The highest BCUT2D eigenvalue weighted by molar-refractivity contribution is 9.10. The molecule has 0 saturated heterocycles. The number of para-hydroxylation sites is 2. The van der Waals surface area contributed by atoms with Crippen molar-refractivity contribution in [1.82, 2.24) is 9.55 Å². The fourth-order valence-electron chi connectivity index (χ4n) is 3.35. The third-order valence-electron chi connectivity index (χ3n) is 4.86. The number of hydrogen-bond donors (Lipinski definition) is 1. The zero-order valence-electron chi connectivity index (χ0n) is 15.5. The molecule has 0 spiro atoms. The maximum Gasteiger partial charge on any atom is 0.118 e. The number of hydrogen-bond acceptors (Lipinski definition) is 3. The highest BCUT2D eigenvalue weighted by Gasteiger charge is 2.16. The van der Waals surface area contributed by atoms with E-state index < -0.39 is 6.10 Å². The lowest BCUT2D eigenvalue weighted by molar-refractivity contribution is 0.174. The highest BCUT2D eigenvalue weighted by atomic mass is 79.9. The summed E-state index contributed by atoms with van der Waals surface area (Å²) >= 11 is 3.49. The van der Waals surface area contributed by atoms with Crippen molar-refractivity contribution in [2.24, 2.45) is 0 Å². The second-order valence-corrected chi connectivity index (χ2v) is 7.64. The second-order valence-electron chi connectivity index (χ2n) is 6.72. The van der Waals surface area contributed by atoms with Crippen LogP contribution < -0.4 is 4.74 Å². The van der Waals surface area contributed by atoms with Crippen molar-refractivity contribution in [1.29, 1.82) is 0 Å². The fraction of sp³-hybridized carbons (Fsp3) is 0.174. The van der Waals surface area contributed by atoms with Crippen LogP contribution in [0.25, 0.3) is 11.0 Å². The average Bonchev–Trinajstić information content (AvgIpc) is 3.06. The first-order valence-electron chi connectivity index (χ1n) is 9.14. The van der Waals surface area contributed by atoms with Gasteiger partial charge < -0.3 is 14.4 Å². The summed E-state index contributed by atoms with van der Waals surface area (Å²) in [6, 6.07) is 23.9. The van der Waals surface area contributed by atoms with Crippen LogP contribution in [-0.4, -0.2) is 21.8 Å². The largest absolute Gasteiger partial charge is 0.497 e. The topological polar surface area (TPSA) is 47.3 Å². The van der Waals surface area contributed by atoms with Gasteiger partial charge in [-0.1, -0.05) is 52.3 Å². The molecule has 0 aliphatic carbocycles. The van der Waals surface area contributed by atoms with E-state index >= 15 is 0 Å². The number of aliphatic hydroxyl groups excluding tert-OH is 1. The van der Waals surface area contributed by atoms with Gasteiger partial charge in [0.15, 0.2) is 0 Å². The summed E-state index contributed by atoms with van der Waals surface area (Å²) in [6.45, 7) is 0.707. The van der Waals surface area contributed by atoms with Crippen LogP contribution in [0.4, 0.5) is 0 Å². The number of halogens is 1. The lowest BCUT2D eigenvalue weighted by atomic mass is 10.1. The van der Waals surface area contributed by atoms with Crippen molar-refractivity contribution in [3.05, 3.63) is 94.2 Å². The Balaban J connectivity index is 1.66. The number of aromatic nitrogens is 2. The van der Waals surface area contributed by atoms with E-state index in [0.29, 0.717) is 13.0 Å². The number of methoxy groups -OCH3 is 1. The predicted molar refractivity (Wildman–Crippen MR) is 115 cm³/mol. The number of nitrogens with zero attached hydrogens (tertiary/aromatic N) is 2. The summed E-state index contributed by atoms with van der Waals surface area (Å²) in [6.07, 6.45) is -0.191. The molecule has 4 nitrogen and oxygen atoms in total. The van der Waals surface area contributed by atoms with Gasteiger partial charge in [-0.3, -0.25) is 0 Å². The summed E-state index contributed by atoms with van der Waals surface area (Å²) in [5.74, 6) is 1.64. The van der Waals surface area contributed by atoms with E-state index in [-0.39, 0.29) is 0 Å². The molecule has 0 radical (unpaired) electrons. The first-order valence-corrected chi connectivity index (χ1v) is 9.94. The molecule has 1 atom stereocenters. The number of imidazole rings is 1. The Morgan fingerprint density at radius 1 is 1.00 bits per heavy atom. The van der Waals surface area contributed by atoms with Crippen molar-refractivity contribution in [2.75, 3.05) is 7.11 Å². The summed E-state index contributed by atoms with van der Waals surface area (Å²) < 4.78 is 8.44. The molecular weight excluding hydrogens is 416 g/mol. The van der Waals surface area contributed by atoms with Gasteiger partial charge in [-0.05, 0) is 47.5 Å². The Kier molecular flexibility index (Phi) is 5.46. The summed E-state index contributed by atoms with van der Waals surface area (Å²) in [7, 11) is 1.63. The Bertz CT molecular complexity index is 1070. The Morgan fingerprint density at radius 2 is 1.71 bits per heavy atom. The van der Waals surface area contributed by atoms with Gasteiger partial charge >= 0.3 is 0 Å². The van der Waals surface area contributed by atoms with E-state index in [9.17, 15) is 5.11 Å². The second kappa shape index (κ2) is 8.17. The average molecular weight is 437 g/mol. The summed E-state index contributed by atoms with van der Waals surface area (Å²) in [5.41, 5.74) is 4.05. The molecule has 0 aliphatic rings. The molecule has 3 aromatic carbocycles. The van der Waals surface area contributed by atoms with Crippen molar-refractivity contribution in [3.63, 3.8) is 0 Å². The van der Waals surface area contributed by atoms with Crippen molar-refractivity contribution in [2.45, 2.75) is 19.1 Å². The minimum absolute atomic E-state index is 0.442. The van der Waals surface area contributed by atoms with E-state index in [1.165, 1.54) is 5.56 Å². The molecule has 4 aromatic rings. The van der Waals surface area contributed by atoms with E-state index in [2.05, 4.69) is 38.7 Å². The summed E-state index contributed by atoms with van der Waals surface area (Å²) in [4.78, 5) is 4.79. The van der Waals surface area contributed by atoms with Crippen LogP contribution in [0.5, 0.6) is 5.75 Å². The van der Waals surface area contributed by atoms with Gasteiger partial charge in [0, 0.05) is 17.4 Å². The molecule has 0 amide bonds. The van der Waals surface area contributed by atoms with E-state index in [0.717, 1.165) is 32.6 Å². The maximum absolute atomic E-state index is 10.8. The molecule has 1 aromatic heterocycles. The zero-order chi connectivity index (χ0) is 19.5.